The molecular weight excluding hydrogens is 390 g/mol. The monoisotopic (exact) mass is 411 g/mol. The van der Waals surface area contributed by atoms with Crippen molar-refractivity contribution >= 4 is 27.3 Å². The van der Waals surface area contributed by atoms with E-state index in [0.717, 1.165) is 36.7 Å². The Morgan fingerprint density at radius 1 is 1.14 bits per heavy atom. The highest BCUT2D eigenvalue weighted by Gasteiger charge is 2.32. The molecule has 0 unspecified atom stereocenters. The molecule has 144 valence electrons. The summed E-state index contributed by atoms with van der Waals surface area (Å²) >= 11 is 1.14. The second-order valence-corrected chi connectivity index (χ2v) is 9.07. The number of nitrogens with two attached hydrogens (primary N) is 1. The lowest BCUT2D eigenvalue weighted by Gasteiger charge is -2.22. The van der Waals surface area contributed by atoms with Crippen LogP contribution in [0.2, 0.25) is 0 Å². The molecule has 0 fully saturated rings. The number of allylic oxidation sites excluding steroid dienone is 1. The van der Waals surface area contributed by atoms with Crippen LogP contribution in [0.5, 0.6) is 0 Å². The van der Waals surface area contributed by atoms with Gasteiger partial charge in [-0.3, -0.25) is 4.90 Å². The van der Waals surface area contributed by atoms with Crippen molar-refractivity contribution in [3.8, 4) is 6.07 Å². The number of rotatable bonds is 6. The topological polar surface area (TPSA) is 87.2 Å². The van der Waals surface area contributed by atoms with Gasteiger partial charge in [0.05, 0.1) is 4.90 Å². The fourth-order valence-corrected chi connectivity index (χ4v) is 5.37. The number of anilines is 1. The third-order valence-corrected chi connectivity index (χ3v) is 7.20. The van der Waals surface area contributed by atoms with Crippen LogP contribution >= 0.6 is 11.8 Å². The van der Waals surface area contributed by atoms with E-state index in [-0.39, 0.29) is 9.80 Å². The number of nitriles is 1. The second-order valence-electron chi connectivity index (χ2n) is 6.33. The van der Waals surface area contributed by atoms with Crippen molar-refractivity contribution in [3.05, 3.63) is 81.3 Å². The largest absolute Gasteiger partial charge is 0.384 e. The van der Waals surface area contributed by atoms with Gasteiger partial charge in [-0.1, -0.05) is 55.4 Å². The Morgan fingerprint density at radius 2 is 1.82 bits per heavy atom. The molecule has 0 radical (unpaired) electrons. The van der Waals surface area contributed by atoms with Gasteiger partial charge in [-0.15, -0.1) is 0 Å². The van der Waals surface area contributed by atoms with Crippen LogP contribution in [-0.4, -0.2) is 8.42 Å². The summed E-state index contributed by atoms with van der Waals surface area (Å²) in [7, 11) is -3.95. The molecule has 7 heteroatoms. The number of sulfone groups is 1. The van der Waals surface area contributed by atoms with Gasteiger partial charge in [0.25, 0.3) is 0 Å². The van der Waals surface area contributed by atoms with Crippen molar-refractivity contribution in [2.24, 2.45) is 5.73 Å². The highest BCUT2D eigenvalue weighted by Crippen LogP contribution is 2.40. The fourth-order valence-electron chi connectivity index (χ4n) is 2.89. The number of hydrogen-bond donors (Lipinski definition) is 1. The number of unbranched alkanes of at least 4 members (excludes halogenated alkanes) is 1. The van der Waals surface area contributed by atoms with Crippen LogP contribution in [0.3, 0.4) is 0 Å². The van der Waals surface area contributed by atoms with Gasteiger partial charge in [-0.05, 0) is 42.7 Å². The average Bonchev–Trinajstić information content (AvgIpc) is 3.09. The first-order valence-electron chi connectivity index (χ1n) is 8.95. The van der Waals surface area contributed by atoms with Crippen LogP contribution in [0.4, 0.5) is 5.69 Å². The lowest BCUT2D eigenvalue weighted by Crippen LogP contribution is -2.24. The van der Waals surface area contributed by atoms with E-state index in [1.54, 1.807) is 28.5 Å². The third-order valence-electron chi connectivity index (χ3n) is 4.38. The summed E-state index contributed by atoms with van der Waals surface area (Å²) in [6.45, 7) is 2.15. The second kappa shape index (κ2) is 8.55. The van der Waals surface area contributed by atoms with Crippen molar-refractivity contribution in [2.75, 3.05) is 4.90 Å². The van der Waals surface area contributed by atoms with E-state index in [1.165, 1.54) is 17.7 Å². The maximum atomic E-state index is 13.0. The minimum Gasteiger partial charge on any atom is -0.384 e. The summed E-state index contributed by atoms with van der Waals surface area (Å²) in [5, 5.41) is 11.6. The highest BCUT2D eigenvalue weighted by molar-refractivity contribution is 8.07. The summed E-state index contributed by atoms with van der Waals surface area (Å²) in [6, 6.07) is 17.7. The molecule has 0 spiro atoms. The van der Waals surface area contributed by atoms with Crippen molar-refractivity contribution < 1.29 is 8.42 Å². The number of thioether (sulfide) groups is 1. The Balaban J connectivity index is 2.03. The number of aryl methyl sites for hydroxylation is 1. The molecule has 2 aromatic carbocycles. The number of benzene rings is 2. The van der Waals surface area contributed by atoms with Crippen molar-refractivity contribution in [3.63, 3.8) is 0 Å². The van der Waals surface area contributed by atoms with Gasteiger partial charge in [0.15, 0.2) is 4.91 Å². The van der Waals surface area contributed by atoms with Gasteiger partial charge in [0, 0.05) is 11.1 Å². The predicted molar refractivity (Wildman–Crippen MR) is 114 cm³/mol. The van der Waals surface area contributed by atoms with E-state index < -0.39 is 9.84 Å². The van der Waals surface area contributed by atoms with Crippen LogP contribution in [-0.2, 0) is 16.3 Å². The molecule has 0 saturated heterocycles. The molecule has 0 aliphatic carbocycles. The van der Waals surface area contributed by atoms with Crippen LogP contribution in [0, 0.1) is 11.3 Å². The van der Waals surface area contributed by atoms with E-state index in [4.69, 9.17) is 5.73 Å². The van der Waals surface area contributed by atoms with Gasteiger partial charge in [-0.2, -0.15) is 5.26 Å². The minimum atomic E-state index is -3.95. The summed E-state index contributed by atoms with van der Waals surface area (Å²) < 4.78 is 26.0. The smallest absolute Gasteiger partial charge is 0.219 e. The molecular formula is C21H21N3O2S2. The van der Waals surface area contributed by atoms with Gasteiger partial charge >= 0.3 is 0 Å². The Labute approximate surface area is 170 Å². The molecule has 0 aromatic heterocycles. The first kappa shape index (κ1) is 20.1. The van der Waals surface area contributed by atoms with Crippen LogP contribution < -0.4 is 10.6 Å². The normalized spacial score (nSPS) is 15.9. The van der Waals surface area contributed by atoms with Crippen LogP contribution in [0.15, 0.2) is 80.7 Å². The molecule has 1 aliphatic heterocycles. The zero-order valence-corrected chi connectivity index (χ0v) is 17.1. The van der Waals surface area contributed by atoms with Crippen LogP contribution in [0.1, 0.15) is 25.3 Å². The third kappa shape index (κ3) is 3.93. The Hall–Kier alpha value is -2.69. The lowest BCUT2D eigenvalue weighted by molar-refractivity contribution is 0.603. The Bertz CT molecular complexity index is 1050. The van der Waals surface area contributed by atoms with E-state index in [1.807, 2.05) is 30.3 Å². The molecule has 28 heavy (non-hydrogen) atoms. The SMILES string of the molecule is CCCCc1ccc(N2C(N)=CS/C2=C(\C#N)S(=O)(=O)c2ccccc2)cc1. The molecule has 2 aromatic rings. The highest BCUT2D eigenvalue weighted by atomic mass is 32.2. The molecule has 2 N–H and O–H groups in total. The molecule has 0 atom stereocenters. The molecule has 3 rings (SSSR count). The van der Waals surface area contributed by atoms with Crippen LogP contribution in [0.25, 0.3) is 0 Å². The number of hydrogen-bond acceptors (Lipinski definition) is 6. The fraction of sp³-hybridized carbons (Fsp3) is 0.190. The molecule has 0 saturated carbocycles. The maximum Gasteiger partial charge on any atom is 0.219 e. The molecule has 0 bridgehead atoms. The quantitative estimate of drug-likeness (QED) is 0.704. The number of nitrogens with zero attached hydrogens (tertiary/aromatic N) is 2. The standard InChI is InChI=1S/C21H21N3O2S2/c1-2-3-7-16-10-12-17(13-11-16)24-20(23)15-27-21(24)19(14-22)28(25,26)18-8-5-4-6-9-18/h4-6,8-13,15H,2-3,7,23H2,1H3/b21-19+. The van der Waals surface area contributed by atoms with E-state index in [9.17, 15) is 13.7 Å². The van der Waals surface area contributed by atoms with Gasteiger partial charge < -0.3 is 5.73 Å². The van der Waals surface area contributed by atoms with E-state index >= 15 is 0 Å². The Morgan fingerprint density at radius 3 is 2.43 bits per heavy atom. The average molecular weight is 412 g/mol. The molecule has 1 aliphatic rings. The van der Waals surface area contributed by atoms with Gasteiger partial charge in [-0.25, -0.2) is 8.42 Å². The molecule has 0 amide bonds. The zero-order valence-electron chi connectivity index (χ0n) is 15.5. The maximum absolute atomic E-state index is 13.0. The summed E-state index contributed by atoms with van der Waals surface area (Å²) in [6.07, 6.45) is 3.22. The minimum absolute atomic E-state index is 0.0833. The predicted octanol–water partition coefficient (Wildman–Crippen LogP) is 4.51. The van der Waals surface area contributed by atoms with Crippen molar-refractivity contribution in [1.82, 2.24) is 0 Å². The van der Waals surface area contributed by atoms with Crippen molar-refractivity contribution in [2.45, 2.75) is 31.1 Å². The van der Waals surface area contributed by atoms with Gasteiger partial charge in [0.1, 0.15) is 16.9 Å². The van der Waals surface area contributed by atoms with Gasteiger partial charge in [0.2, 0.25) is 9.84 Å². The van der Waals surface area contributed by atoms with E-state index in [0.29, 0.717) is 10.9 Å². The van der Waals surface area contributed by atoms with Crippen molar-refractivity contribution in [1.29, 1.82) is 5.26 Å². The van der Waals surface area contributed by atoms with E-state index in [2.05, 4.69) is 6.92 Å². The summed E-state index contributed by atoms with van der Waals surface area (Å²) in [5.41, 5.74) is 8.06. The zero-order chi connectivity index (χ0) is 20.1. The summed E-state index contributed by atoms with van der Waals surface area (Å²) in [5.74, 6) is 0.386. The first-order valence-corrected chi connectivity index (χ1v) is 11.3. The molecule has 1 heterocycles. The Kier molecular flexibility index (Phi) is 6.12. The lowest BCUT2D eigenvalue weighted by atomic mass is 10.1. The molecule has 5 nitrogen and oxygen atoms in total. The summed E-state index contributed by atoms with van der Waals surface area (Å²) in [4.78, 5) is 1.39. The first-order chi connectivity index (χ1) is 13.5.